The molecule has 7 heteroatoms. The molecule has 0 bridgehead atoms. The van der Waals surface area contributed by atoms with E-state index in [4.69, 9.17) is 9.47 Å². The summed E-state index contributed by atoms with van der Waals surface area (Å²) in [5.74, 6) is 2.09. The van der Waals surface area contributed by atoms with Crippen molar-refractivity contribution >= 4 is 11.7 Å². The quantitative estimate of drug-likeness (QED) is 0.587. The van der Waals surface area contributed by atoms with E-state index in [1.165, 1.54) is 0 Å². The van der Waals surface area contributed by atoms with Crippen LogP contribution >= 0.6 is 0 Å². The van der Waals surface area contributed by atoms with Gasteiger partial charge in [-0.1, -0.05) is 42.5 Å². The average molecular weight is 418 g/mol. The van der Waals surface area contributed by atoms with E-state index in [0.717, 1.165) is 17.1 Å². The van der Waals surface area contributed by atoms with E-state index >= 15 is 0 Å². The van der Waals surface area contributed by atoms with Gasteiger partial charge in [0.05, 0.1) is 12.3 Å². The highest BCUT2D eigenvalue weighted by Crippen LogP contribution is 2.26. The molecule has 31 heavy (non-hydrogen) atoms. The second-order valence-corrected chi connectivity index (χ2v) is 7.16. The number of nitrogens with zero attached hydrogens (tertiary/aromatic N) is 4. The van der Waals surface area contributed by atoms with Crippen LogP contribution in [0, 0.1) is 0 Å². The zero-order valence-corrected chi connectivity index (χ0v) is 17.6. The van der Waals surface area contributed by atoms with Crippen molar-refractivity contribution in [3.05, 3.63) is 67.0 Å². The molecule has 0 saturated carbocycles. The predicted octanol–water partition coefficient (Wildman–Crippen LogP) is 3.27. The van der Waals surface area contributed by atoms with Crippen LogP contribution in [0.3, 0.4) is 0 Å². The second-order valence-electron chi connectivity index (χ2n) is 7.16. The van der Waals surface area contributed by atoms with Gasteiger partial charge in [0.15, 0.2) is 18.1 Å². The number of hydrogen-bond acceptors (Lipinski definition) is 6. The maximum absolute atomic E-state index is 12.6. The van der Waals surface area contributed by atoms with Gasteiger partial charge in [0.25, 0.3) is 5.91 Å². The van der Waals surface area contributed by atoms with Gasteiger partial charge in [-0.2, -0.15) is 0 Å². The van der Waals surface area contributed by atoms with E-state index < -0.39 is 0 Å². The van der Waals surface area contributed by atoms with Crippen molar-refractivity contribution in [3.8, 4) is 22.8 Å². The number of ether oxygens (including phenoxy) is 2. The Hall–Kier alpha value is -3.61. The van der Waals surface area contributed by atoms with Crippen LogP contribution < -0.4 is 14.4 Å². The Labute approximate surface area is 182 Å². The van der Waals surface area contributed by atoms with E-state index in [1.807, 2.05) is 72.5 Å². The summed E-state index contributed by atoms with van der Waals surface area (Å²) < 4.78 is 11.3. The van der Waals surface area contributed by atoms with Gasteiger partial charge in [-0.25, -0.2) is 9.97 Å². The van der Waals surface area contributed by atoms with Crippen molar-refractivity contribution in [2.24, 2.45) is 0 Å². The first-order valence-electron chi connectivity index (χ1n) is 10.5. The molecule has 7 nitrogen and oxygen atoms in total. The van der Waals surface area contributed by atoms with Gasteiger partial charge >= 0.3 is 0 Å². The lowest BCUT2D eigenvalue weighted by molar-refractivity contribution is -0.133. The van der Waals surface area contributed by atoms with Crippen LogP contribution in [0.25, 0.3) is 11.3 Å². The number of aromatic nitrogens is 2. The Morgan fingerprint density at radius 3 is 2.29 bits per heavy atom. The van der Waals surface area contributed by atoms with Crippen molar-refractivity contribution in [1.82, 2.24) is 14.9 Å². The number of para-hydroxylation sites is 2. The fourth-order valence-electron chi connectivity index (χ4n) is 3.55. The van der Waals surface area contributed by atoms with Gasteiger partial charge in [-0.05, 0) is 19.1 Å². The van der Waals surface area contributed by atoms with Gasteiger partial charge in [0, 0.05) is 37.8 Å². The van der Waals surface area contributed by atoms with Crippen LogP contribution in [0.15, 0.2) is 67.0 Å². The van der Waals surface area contributed by atoms with Gasteiger partial charge < -0.3 is 19.3 Å². The number of hydrogen-bond donors (Lipinski definition) is 0. The summed E-state index contributed by atoms with van der Waals surface area (Å²) in [4.78, 5) is 25.5. The van der Waals surface area contributed by atoms with Crippen molar-refractivity contribution in [3.63, 3.8) is 0 Å². The SMILES string of the molecule is CCOc1ccccc1OCC(=O)N1CCN(c2cc(-c3ccccc3)ncn2)CC1. The van der Waals surface area contributed by atoms with Gasteiger partial charge in [0.2, 0.25) is 0 Å². The van der Waals surface area contributed by atoms with Crippen LogP contribution in [0.4, 0.5) is 5.82 Å². The Kier molecular flexibility index (Phi) is 6.62. The Bertz CT molecular complexity index is 1000. The third-order valence-electron chi connectivity index (χ3n) is 5.18. The maximum Gasteiger partial charge on any atom is 0.260 e. The first-order chi connectivity index (χ1) is 15.2. The fourth-order valence-corrected chi connectivity index (χ4v) is 3.55. The number of anilines is 1. The molecule has 1 aromatic heterocycles. The molecule has 0 radical (unpaired) electrons. The molecule has 0 aliphatic carbocycles. The minimum atomic E-state index is -0.0291. The molecule has 0 N–H and O–H groups in total. The number of amides is 1. The number of carbonyl (C=O) groups excluding carboxylic acids is 1. The molecule has 1 aliphatic rings. The fraction of sp³-hybridized carbons (Fsp3) is 0.292. The molecule has 3 aromatic rings. The van der Waals surface area contributed by atoms with Crippen LogP contribution in [-0.4, -0.2) is 60.2 Å². The van der Waals surface area contributed by atoms with Crippen molar-refractivity contribution < 1.29 is 14.3 Å². The molecule has 0 atom stereocenters. The van der Waals surface area contributed by atoms with E-state index in [9.17, 15) is 4.79 Å². The maximum atomic E-state index is 12.6. The third kappa shape index (κ3) is 5.12. The lowest BCUT2D eigenvalue weighted by Crippen LogP contribution is -2.50. The standard InChI is InChI=1S/C24H26N4O3/c1-2-30-21-10-6-7-11-22(21)31-17-24(29)28-14-12-27(13-15-28)23-16-20(25-18-26-23)19-8-4-3-5-9-19/h3-11,16,18H,2,12-15,17H2,1H3. The topological polar surface area (TPSA) is 67.8 Å². The minimum Gasteiger partial charge on any atom is -0.490 e. The molecular weight excluding hydrogens is 392 g/mol. The molecule has 0 spiro atoms. The van der Waals surface area contributed by atoms with E-state index in [-0.39, 0.29) is 12.5 Å². The summed E-state index contributed by atoms with van der Waals surface area (Å²) in [5, 5.41) is 0. The minimum absolute atomic E-state index is 0.00422. The summed E-state index contributed by atoms with van der Waals surface area (Å²) in [7, 11) is 0. The molecule has 1 saturated heterocycles. The molecule has 2 heterocycles. The third-order valence-corrected chi connectivity index (χ3v) is 5.18. The van der Waals surface area contributed by atoms with E-state index in [0.29, 0.717) is 44.3 Å². The molecule has 1 fully saturated rings. The zero-order valence-electron chi connectivity index (χ0n) is 17.6. The van der Waals surface area contributed by atoms with Crippen molar-refractivity contribution in [2.75, 3.05) is 44.3 Å². The predicted molar refractivity (Wildman–Crippen MR) is 119 cm³/mol. The van der Waals surface area contributed by atoms with Gasteiger partial charge in [-0.3, -0.25) is 4.79 Å². The number of benzene rings is 2. The summed E-state index contributed by atoms with van der Waals surface area (Å²) in [6.45, 7) is 5.14. The van der Waals surface area contributed by atoms with Crippen LogP contribution in [0.2, 0.25) is 0 Å². The first kappa shape index (κ1) is 20.7. The highest BCUT2D eigenvalue weighted by Gasteiger charge is 2.23. The normalized spacial score (nSPS) is 13.7. The summed E-state index contributed by atoms with van der Waals surface area (Å²) >= 11 is 0. The number of carbonyl (C=O) groups is 1. The smallest absolute Gasteiger partial charge is 0.260 e. The molecule has 4 rings (SSSR count). The van der Waals surface area contributed by atoms with Gasteiger partial charge in [-0.15, -0.1) is 0 Å². The summed E-state index contributed by atoms with van der Waals surface area (Å²) in [6, 6.07) is 19.5. The second kappa shape index (κ2) is 9.93. The lowest BCUT2D eigenvalue weighted by Gasteiger charge is -2.35. The Balaban J connectivity index is 1.32. The average Bonchev–Trinajstić information content (AvgIpc) is 2.84. The number of rotatable bonds is 7. The van der Waals surface area contributed by atoms with Crippen LogP contribution in [-0.2, 0) is 4.79 Å². The highest BCUT2D eigenvalue weighted by molar-refractivity contribution is 5.78. The molecular formula is C24H26N4O3. The summed E-state index contributed by atoms with van der Waals surface area (Å²) in [6.07, 6.45) is 1.60. The Morgan fingerprint density at radius 2 is 1.58 bits per heavy atom. The van der Waals surface area contributed by atoms with Crippen molar-refractivity contribution in [2.45, 2.75) is 6.92 Å². The monoisotopic (exact) mass is 418 g/mol. The van der Waals surface area contributed by atoms with E-state index in [2.05, 4.69) is 14.9 Å². The Morgan fingerprint density at radius 1 is 0.903 bits per heavy atom. The molecule has 2 aromatic carbocycles. The van der Waals surface area contributed by atoms with Crippen LogP contribution in [0.1, 0.15) is 6.92 Å². The lowest BCUT2D eigenvalue weighted by atomic mass is 10.1. The van der Waals surface area contributed by atoms with Gasteiger partial charge in [0.1, 0.15) is 12.1 Å². The molecule has 160 valence electrons. The summed E-state index contributed by atoms with van der Waals surface area (Å²) in [5.41, 5.74) is 1.95. The first-order valence-corrected chi connectivity index (χ1v) is 10.5. The van der Waals surface area contributed by atoms with Crippen LogP contribution in [0.5, 0.6) is 11.5 Å². The van der Waals surface area contributed by atoms with E-state index in [1.54, 1.807) is 6.33 Å². The number of piperazine rings is 1. The largest absolute Gasteiger partial charge is 0.490 e. The van der Waals surface area contributed by atoms with Crippen molar-refractivity contribution in [1.29, 1.82) is 0 Å². The highest BCUT2D eigenvalue weighted by atomic mass is 16.5. The molecule has 0 unspecified atom stereocenters. The molecule has 1 aliphatic heterocycles. The zero-order chi connectivity index (χ0) is 21.5. The molecule has 1 amide bonds.